The largest absolute Gasteiger partial charge is 0.456 e. The molecule has 2 aliphatic rings. The highest BCUT2D eigenvalue weighted by atomic mass is 16.3. The Bertz CT molecular complexity index is 1370. The molecule has 0 N–H and O–H groups in total. The predicted octanol–water partition coefficient (Wildman–Crippen LogP) is 5.55. The molecule has 0 bridgehead atoms. The Morgan fingerprint density at radius 1 is 0.655 bits per heavy atom. The first-order chi connectivity index (χ1) is 14.2. The van der Waals surface area contributed by atoms with Crippen molar-refractivity contribution in [3.63, 3.8) is 0 Å². The molecule has 3 aromatic carbocycles. The summed E-state index contributed by atoms with van der Waals surface area (Å²) >= 11 is 0. The molecule has 0 fully saturated rings. The highest BCUT2D eigenvalue weighted by Gasteiger charge is 2.23. The van der Waals surface area contributed by atoms with Gasteiger partial charge in [-0.25, -0.2) is 0 Å². The maximum atomic E-state index is 12.0. The van der Waals surface area contributed by atoms with Crippen LogP contribution in [-0.4, -0.2) is 5.78 Å². The van der Waals surface area contributed by atoms with Gasteiger partial charge in [-0.2, -0.15) is 0 Å². The molecule has 0 aliphatic heterocycles. The SMILES string of the molecule is O=C1C=CC=C2C1=Cc1ccccc12.O=c1c2ccccc2oc2ccccc12. The smallest absolute Gasteiger partial charge is 0.200 e. The standard InChI is InChI=1S/C13H8O2.C13H8O/c14-13-9-5-1-3-7-11(9)15-12-8-4-2-6-10(12)13;14-13-7-3-6-11-10-5-2-1-4-9(10)8-12(11)13/h1-8H;1-8H. The van der Waals surface area contributed by atoms with Crippen molar-refractivity contribution in [1.29, 1.82) is 0 Å². The van der Waals surface area contributed by atoms with Crippen molar-refractivity contribution in [3.8, 4) is 0 Å². The summed E-state index contributed by atoms with van der Waals surface area (Å²) in [5.74, 6) is 0.110. The van der Waals surface area contributed by atoms with E-state index in [1.165, 1.54) is 5.56 Å². The number of fused-ring (bicyclic) bond motifs is 5. The number of hydrogen-bond donors (Lipinski definition) is 0. The fourth-order valence-electron chi connectivity index (χ4n) is 3.70. The van der Waals surface area contributed by atoms with Crippen LogP contribution in [0.25, 0.3) is 33.6 Å². The van der Waals surface area contributed by atoms with Crippen molar-refractivity contribution >= 4 is 39.4 Å². The Hall–Kier alpha value is -3.98. The lowest BCUT2D eigenvalue weighted by Gasteiger charge is -2.06. The zero-order valence-electron chi connectivity index (χ0n) is 15.5. The number of benzene rings is 3. The fraction of sp³-hybridized carbons (Fsp3) is 0. The molecule has 2 aliphatic carbocycles. The Kier molecular flexibility index (Phi) is 4.07. The lowest BCUT2D eigenvalue weighted by atomic mass is 9.96. The molecule has 0 atom stereocenters. The molecule has 0 saturated carbocycles. The topological polar surface area (TPSA) is 47.3 Å². The van der Waals surface area contributed by atoms with Gasteiger partial charge in [-0.1, -0.05) is 60.7 Å². The van der Waals surface area contributed by atoms with Crippen LogP contribution in [0.3, 0.4) is 0 Å². The molecular formula is C26H16O3. The predicted molar refractivity (Wildman–Crippen MR) is 117 cm³/mol. The van der Waals surface area contributed by atoms with E-state index in [0.717, 1.165) is 16.7 Å². The van der Waals surface area contributed by atoms with Gasteiger partial charge in [0.05, 0.1) is 10.8 Å². The number of allylic oxidation sites excluding steroid dienone is 5. The summed E-state index contributed by atoms with van der Waals surface area (Å²) in [7, 11) is 0. The van der Waals surface area contributed by atoms with Crippen LogP contribution in [0.2, 0.25) is 0 Å². The van der Waals surface area contributed by atoms with Crippen molar-refractivity contribution in [2.24, 2.45) is 0 Å². The first-order valence-electron chi connectivity index (χ1n) is 9.37. The van der Waals surface area contributed by atoms with Crippen LogP contribution in [0.15, 0.2) is 106 Å². The molecule has 0 amide bonds. The van der Waals surface area contributed by atoms with Gasteiger partial charge in [0.15, 0.2) is 5.78 Å². The Morgan fingerprint density at radius 2 is 1.28 bits per heavy atom. The van der Waals surface area contributed by atoms with Crippen molar-refractivity contribution in [2.75, 3.05) is 0 Å². The number of rotatable bonds is 0. The monoisotopic (exact) mass is 376 g/mol. The van der Waals surface area contributed by atoms with Gasteiger partial charge in [0.2, 0.25) is 5.43 Å². The maximum absolute atomic E-state index is 12.0. The number of hydrogen-bond acceptors (Lipinski definition) is 3. The van der Waals surface area contributed by atoms with Gasteiger partial charge in [0.25, 0.3) is 0 Å². The minimum Gasteiger partial charge on any atom is -0.456 e. The third kappa shape index (κ3) is 2.93. The van der Waals surface area contributed by atoms with Gasteiger partial charge >= 0.3 is 0 Å². The summed E-state index contributed by atoms with van der Waals surface area (Å²) in [6.07, 6.45) is 7.39. The summed E-state index contributed by atoms with van der Waals surface area (Å²) in [6, 6.07) is 22.7. The van der Waals surface area contributed by atoms with E-state index >= 15 is 0 Å². The minimum atomic E-state index is 0.0347. The summed E-state index contributed by atoms with van der Waals surface area (Å²) < 4.78 is 5.63. The highest BCUT2D eigenvalue weighted by molar-refractivity contribution is 6.23. The molecule has 3 nitrogen and oxygen atoms in total. The minimum absolute atomic E-state index is 0.0347. The van der Waals surface area contributed by atoms with Crippen LogP contribution >= 0.6 is 0 Å². The number of carbonyl (C=O) groups excluding carboxylic acids is 1. The van der Waals surface area contributed by atoms with Crippen molar-refractivity contribution in [2.45, 2.75) is 0 Å². The average Bonchev–Trinajstić information content (AvgIpc) is 3.15. The molecule has 1 heterocycles. The Morgan fingerprint density at radius 3 is 2.00 bits per heavy atom. The maximum Gasteiger partial charge on any atom is 0.200 e. The van der Waals surface area contributed by atoms with Gasteiger partial charge < -0.3 is 4.42 Å². The first-order valence-corrected chi connectivity index (χ1v) is 9.37. The number of ketones is 1. The summed E-state index contributed by atoms with van der Waals surface area (Å²) in [6.45, 7) is 0. The second-order valence-corrected chi connectivity index (χ2v) is 6.87. The second-order valence-electron chi connectivity index (χ2n) is 6.87. The van der Waals surface area contributed by atoms with E-state index in [1.54, 1.807) is 18.2 Å². The van der Waals surface area contributed by atoms with Crippen LogP contribution in [0, 0.1) is 0 Å². The van der Waals surface area contributed by atoms with E-state index in [9.17, 15) is 9.59 Å². The third-order valence-corrected chi connectivity index (χ3v) is 5.10. The summed E-state index contributed by atoms with van der Waals surface area (Å²) in [5.41, 5.74) is 5.52. The quantitative estimate of drug-likeness (QED) is 0.378. The molecular weight excluding hydrogens is 360 g/mol. The third-order valence-electron chi connectivity index (χ3n) is 5.10. The van der Waals surface area contributed by atoms with E-state index in [1.807, 2.05) is 72.8 Å². The molecule has 0 radical (unpaired) electrons. The molecule has 6 rings (SSSR count). The molecule has 4 aromatic rings. The van der Waals surface area contributed by atoms with Gasteiger partial charge in [-0.15, -0.1) is 0 Å². The van der Waals surface area contributed by atoms with Crippen molar-refractivity contribution in [1.82, 2.24) is 0 Å². The Labute approximate surface area is 166 Å². The van der Waals surface area contributed by atoms with Crippen LogP contribution in [-0.2, 0) is 4.79 Å². The van der Waals surface area contributed by atoms with Crippen LogP contribution < -0.4 is 5.43 Å². The number of carbonyl (C=O) groups is 1. The van der Waals surface area contributed by atoms with E-state index in [-0.39, 0.29) is 11.2 Å². The van der Waals surface area contributed by atoms with Gasteiger partial charge in [0.1, 0.15) is 11.2 Å². The fourth-order valence-corrected chi connectivity index (χ4v) is 3.70. The number of para-hydroxylation sites is 2. The van der Waals surface area contributed by atoms with Gasteiger partial charge in [-0.05, 0) is 53.1 Å². The van der Waals surface area contributed by atoms with E-state index in [4.69, 9.17) is 4.42 Å². The summed E-state index contributed by atoms with van der Waals surface area (Å²) in [4.78, 5) is 23.6. The van der Waals surface area contributed by atoms with Crippen LogP contribution in [0.1, 0.15) is 11.1 Å². The summed E-state index contributed by atoms with van der Waals surface area (Å²) in [5, 5.41) is 1.27. The van der Waals surface area contributed by atoms with E-state index in [2.05, 4.69) is 6.07 Å². The van der Waals surface area contributed by atoms with Crippen molar-refractivity contribution in [3.05, 3.63) is 118 Å². The van der Waals surface area contributed by atoms with Crippen LogP contribution in [0.5, 0.6) is 0 Å². The van der Waals surface area contributed by atoms with Gasteiger partial charge in [-0.3, -0.25) is 9.59 Å². The second kappa shape index (κ2) is 6.88. The van der Waals surface area contributed by atoms with Crippen molar-refractivity contribution < 1.29 is 9.21 Å². The molecule has 29 heavy (non-hydrogen) atoms. The average molecular weight is 376 g/mol. The normalized spacial score (nSPS) is 14.0. The highest BCUT2D eigenvalue weighted by Crippen LogP contribution is 2.37. The molecule has 0 unspecified atom stereocenters. The van der Waals surface area contributed by atoms with Crippen LogP contribution in [0.4, 0.5) is 0 Å². The lowest BCUT2D eigenvalue weighted by Crippen LogP contribution is -2.01. The zero-order chi connectivity index (χ0) is 19.8. The molecule has 1 aromatic heterocycles. The Balaban J connectivity index is 0.000000125. The van der Waals surface area contributed by atoms with E-state index in [0.29, 0.717) is 21.9 Å². The molecule has 138 valence electrons. The molecule has 0 saturated heterocycles. The lowest BCUT2D eigenvalue weighted by molar-refractivity contribution is -0.110. The first kappa shape index (κ1) is 17.1. The zero-order valence-corrected chi connectivity index (χ0v) is 15.5. The van der Waals surface area contributed by atoms with E-state index < -0.39 is 0 Å². The molecule has 3 heteroatoms. The molecule has 0 spiro atoms. The van der Waals surface area contributed by atoms with Gasteiger partial charge in [0, 0.05) is 5.57 Å².